The van der Waals surface area contributed by atoms with Crippen LogP contribution in [0, 0.1) is 46.3 Å². The Bertz CT molecular complexity index is 681. The number of hydrogen-bond donors (Lipinski definition) is 0. The largest absolute Gasteiger partial charge is 0.463 e. The van der Waals surface area contributed by atoms with Crippen molar-refractivity contribution in [3.05, 3.63) is 12.2 Å². The molecule has 0 N–H and O–H groups in total. The molecule has 0 aromatic heterocycles. The molecule has 162 valence electrons. The zero-order chi connectivity index (χ0) is 20.8. The molecular weight excluding hydrogens is 360 g/mol. The first-order valence-corrected chi connectivity index (χ1v) is 12.2. The van der Waals surface area contributed by atoms with Crippen LogP contribution in [0.15, 0.2) is 12.2 Å². The van der Waals surface area contributed by atoms with Gasteiger partial charge in [-0.3, -0.25) is 4.79 Å². The van der Waals surface area contributed by atoms with Crippen LogP contribution in [0.1, 0.15) is 85.5 Å². The summed E-state index contributed by atoms with van der Waals surface area (Å²) < 4.78 is 5.08. The molecule has 3 heteroatoms. The lowest BCUT2D eigenvalue weighted by Crippen LogP contribution is -2.53. The first-order valence-electron chi connectivity index (χ1n) is 12.2. The minimum Gasteiger partial charge on any atom is -0.463 e. The Hall–Kier alpha value is -1.12. The summed E-state index contributed by atoms with van der Waals surface area (Å²) in [5.41, 5.74) is 0.791. The van der Waals surface area contributed by atoms with Gasteiger partial charge in [0.1, 0.15) is 5.78 Å². The van der Waals surface area contributed by atoms with E-state index in [4.69, 9.17) is 4.74 Å². The summed E-state index contributed by atoms with van der Waals surface area (Å²) in [7, 11) is 0. The van der Waals surface area contributed by atoms with Crippen LogP contribution in [-0.4, -0.2) is 18.4 Å². The monoisotopic (exact) mass is 400 g/mol. The molecule has 4 aliphatic carbocycles. The van der Waals surface area contributed by atoms with E-state index in [-0.39, 0.29) is 5.97 Å². The van der Waals surface area contributed by atoms with E-state index in [9.17, 15) is 9.59 Å². The van der Waals surface area contributed by atoms with Gasteiger partial charge in [0.15, 0.2) is 0 Å². The number of fused-ring (bicyclic) bond motifs is 5. The summed E-state index contributed by atoms with van der Waals surface area (Å²) in [5, 5.41) is 0. The molecule has 0 amide bonds. The van der Waals surface area contributed by atoms with Crippen LogP contribution in [-0.2, 0) is 14.3 Å². The van der Waals surface area contributed by atoms with Gasteiger partial charge in [-0.25, -0.2) is 4.79 Å². The van der Waals surface area contributed by atoms with Crippen LogP contribution in [0.4, 0.5) is 0 Å². The van der Waals surface area contributed by atoms with Crippen LogP contribution in [0.3, 0.4) is 0 Å². The molecule has 29 heavy (non-hydrogen) atoms. The summed E-state index contributed by atoms with van der Waals surface area (Å²) in [6, 6.07) is 0. The van der Waals surface area contributed by atoms with E-state index in [0.29, 0.717) is 41.0 Å². The average Bonchev–Trinajstić information content (AvgIpc) is 3.04. The lowest BCUT2D eigenvalue weighted by atomic mass is 9.44. The van der Waals surface area contributed by atoms with Crippen molar-refractivity contribution in [2.45, 2.75) is 85.5 Å². The highest BCUT2D eigenvalue weighted by molar-refractivity contribution is 5.81. The molecule has 0 aromatic carbocycles. The molecule has 0 heterocycles. The van der Waals surface area contributed by atoms with Crippen molar-refractivity contribution >= 4 is 11.8 Å². The average molecular weight is 401 g/mol. The number of ether oxygens (including phenoxy) is 1. The van der Waals surface area contributed by atoms with E-state index in [1.807, 2.05) is 6.92 Å². The second-order valence-electron chi connectivity index (χ2n) is 11.1. The number of hydrogen-bond acceptors (Lipinski definition) is 3. The molecule has 4 unspecified atom stereocenters. The first kappa shape index (κ1) is 21.1. The standard InChI is InChI=1S/C26H40O3/c1-5-29-24(28)11-6-17(2)21-9-10-22-20-8-7-18-16-19(27)12-14-25(18,3)23(20)13-15-26(21,22)4/h6,11,17-18,20-23H,5,7-10,12-16H2,1-4H3/b11-6+/t17-,18?,20?,21-,22?,23?,25+,26-/m1/s1. The van der Waals surface area contributed by atoms with Gasteiger partial charge in [0.25, 0.3) is 0 Å². The van der Waals surface area contributed by atoms with Crippen LogP contribution < -0.4 is 0 Å². The molecule has 0 bridgehead atoms. The van der Waals surface area contributed by atoms with Crippen molar-refractivity contribution in [3.63, 3.8) is 0 Å². The van der Waals surface area contributed by atoms with Gasteiger partial charge in [-0.05, 0) is 98.2 Å². The lowest BCUT2D eigenvalue weighted by Gasteiger charge is -2.60. The molecule has 0 radical (unpaired) electrons. The second-order valence-corrected chi connectivity index (χ2v) is 11.1. The number of carbonyl (C=O) groups is 2. The quantitative estimate of drug-likeness (QED) is 0.431. The maximum Gasteiger partial charge on any atom is 0.330 e. The third-order valence-electron chi connectivity index (χ3n) is 10.0. The van der Waals surface area contributed by atoms with E-state index in [0.717, 1.165) is 37.0 Å². The molecule has 4 rings (SSSR count). The molecule has 8 atom stereocenters. The number of ketones is 1. The molecular formula is C26H40O3. The summed E-state index contributed by atoms with van der Waals surface area (Å²) in [4.78, 5) is 23.9. The van der Waals surface area contributed by atoms with Gasteiger partial charge in [0, 0.05) is 18.9 Å². The number of allylic oxidation sites excluding steroid dienone is 1. The minimum atomic E-state index is -0.208. The van der Waals surface area contributed by atoms with Gasteiger partial charge < -0.3 is 4.74 Å². The first-order chi connectivity index (χ1) is 13.8. The van der Waals surface area contributed by atoms with E-state index < -0.39 is 0 Å². The van der Waals surface area contributed by atoms with Crippen molar-refractivity contribution in [1.82, 2.24) is 0 Å². The van der Waals surface area contributed by atoms with Gasteiger partial charge >= 0.3 is 5.97 Å². The topological polar surface area (TPSA) is 43.4 Å². The van der Waals surface area contributed by atoms with Gasteiger partial charge in [0.2, 0.25) is 0 Å². The Labute approximate surface area is 177 Å². The van der Waals surface area contributed by atoms with Crippen LogP contribution in [0.5, 0.6) is 0 Å². The van der Waals surface area contributed by atoms with E-state index in [2.05, 4.69) is 26.8 Å². The van der Waals surface area contributed by atoms with E-state index in [1.54, 1.807) is 6.08 Å². The minimum absolute atomic E-state index is 0.208. The summed E-state index contributed by atoms with van der Waals surface area (Å²) in [6.45, 7) is 9.67. The van der Waals surface area contributed by atoms with Gasteiger partial charge in [-0.2, -0.15) is 0 Å². The maximum absolute atomic E-state index is 12.1. The smallest absolute Gasteiger partial charge is 0.330 e. The molecule has 4 saturated carbocycles. The van der Waals surface area contributed by atoms with Crippen LogP contribution in [0.2, 0.25) is 0 Å². The number of carbonyl (C=O) groups excluding carboxylic acids is 2. The van der Waals surface area contributed by atoms with Crippen molar-refractivity contribution in [2.24, 2.45) is 46.3 Å². The number of rotatable bonds is 4. The van der Waals surface area contributed by atoms with Crippen molar-refractivity contribution in [3.8, 4) is 0 Å². The molecule has 4 fully saturated rings. The highest BCUT2D eigenvalue weighted by Crippen LogP contribution is 2.68. The SMILES string of the molecule is CCOC(=O)/C=C/[C@@H](C)[C@H]1CCC2C3CCC4CC(=O)CC[C@]4(C)C3CC[C@@]21C. The lowest BCUT2D eigenvalue weighted by molar-refractivity contribution is -0.140. The van der Waals surface area contributed by atoms with Gasteiger partial charge in [0.05, 0.1) is 6.61 Å². The van der Waals surface area contributed by atoms with E-state index >= 15 is 0 Å². The molecule has 0 aliphatic heterocycles. The van der Waals surface area contributed by atoms with Crippen LogP contribution in [0.25, 0.3) is 0 Å². The predicted octanol–water partition coefficient (Wildman–Crippen LogP) is 5.97. The number of Topliss-reactive ketones (excluding diaryl/α,β-unsaturated/α-hetero) is 1. The van der Waals surface area contributed by atoms with Crippen molar-refractivity contribution in [1.29, 1.82) is 0 Å². The summed E-state index contributed by atoms with van der Waals surface area (Å²) >= 11 is 0. The Morgan fingerprint density at radius 2 is 1.86 bits per heavy atom. The normalized spacial score (nSPS) is 45.4. The fourth-order valence-corrected chi connectivity index (χ4v) is 8.50. The van der Waals surface area contributed by atoms with Gasteiger partial charge in [-0.15, -0.1) is 0 Å². The molecule has 0 aromatic rings. The zero-order valence-electron chi connectivity index (χ0n) is 18.9. The molecule has 4 aliphatic rings. The third-order valence-corrected chi connectivity index (χ3v) is 10.0. The Kier molecular flexibility index (Phi) is 5.72. The maximum atomic E-state index is 12.1. The third kappa shape index (κ3) is 3.51. The van der Waals surface area contributed by atoms with E-state index in [1.165, 1.54) is 38.5 Å². The highest BCUT2D eigenvalue weighted by atomic mass is 16.5. The molecule has 3 nitrogen and oxygen atoms in total. The van der Waals surface area contributed by atoms with Crippen molar-refractivity contribution < 1.29 is 14.3 Å². The molecule has 0 saturated heterocycles. The molecule has 0 spiro atoms. The fraction of sp³-hybridized carbons (Fsp3) is 0.846. The second kappa shape index (κ2) is 7.85. The number of esters is 1. The van der Waals surface area contributed by atoms with Crippen molar-refractivity contribution in [2.75, 3.05) is 6.61 Å². The van der Waals surface area contributed by atoms with Crippen LogP contribution >= 0.6 is 0 Å². The highest BCUT2D eigenvalue weighted by Gasteiger charge is 2.60. The fourth-order valence-electron chi connectivity index (χ4n) is 8.50. The Morgan fingerprint density at radius 3 is 2.62 bits per heavy atom. The zero-order valence-corrected chi connectivity index (χ0v) is 18.9. The Balaban J connectivity index is 1.50. The summed E-state index contributed by atoms with van der Waals surface area (Å²) in [6.07, 6.45) is 14.4. The summed E-state index contributed by atoms with van der Waals surface area (Å²) in [5.74, 6) is 4.50. The Morgan fingerprint density at radius 1 is 1.10 bits per heavy atom. The van der Waals surface area contributed by atoms with Gasteiger partial charge in [-0.1, -0.05) is 26.8 Å². The predicted molar refractivity (Wildman–Crippen MR) is 115 cm³/mol.